The third-order valence-corrected chi connectivity index (χ3v) is 4.72. The second kappa shape index (κ2) is 6.50. The van der Waals surface area contributed by atoms with E-state index in [1.54, 1.807) is 0 Å². The molecule has 0 heterocycles. The van der Waals surface area contributed by atoms with E-state index in [1.807, 2.05) is 18.7 Å². The standard InChI is InChI=1S/C12H24N2OS/c1-4-8(2)11(13)12(15)14-9-5-6-10(7-9)16-3/h8-11H,4-7,13H2,1-3H3,(H,14,15)/t8-,9?,10?,11-/m0/s1. The van der Waals surface area contributed by atoms with Crippen molar-refractivity contribution in [2.75, 3.05) is 6.26 Å². The van der Waals surface area contributed by atoms with Gasteiger partial charge in [0, 0.05) is 11.3 Å². The van der Waals surface area contributed by atoms with Crippen LogP contribution in [0.5, 0.6) is 0 Å². The van der Waals surface area contributed by atoms with E-state index in [9.17, 15) is 4.79 Å². The first-order valence-electron chi connectivity index (χ1n) is 6.17. The maximum atomic E-state index is 11.9. The van der Waals surface area contributed by atoms with Crippen LogP contribution in [0.25, 0.3) is 0 Å². The fourth-order valence-electron chi connectivity index (χ4n) is 2.10. The SMILES string of the molecule is CC[C@H](C)[C@H](N)C(=O)NC1CCC(SC)C1. The molecule has 0 bridgehead atoms. The molecule has 0 aromatic carbocycles. The lowest BCUT2D eigenvalue weighted by atomic mass is 9.99. The van der Waals surface area contributed by atoms with Crippen molar-refractivity contribution in [3.63, 3.8) is 0 Å². The van der Waals surface area contributed by atoms with Crippen molar-refractivity contribution in [2.45, 2.75) is 56.9 Å². The Hall–Kier alpha value is -0.220. The third-order valence-electron chi connectivity index (χ3n) is 3.62. The smallest absolute Gasteiger partial charge is 0.237 e. The van der Waals surface area contributed by atoms with E-state index in [2.05, 4.69) is 18.5 Å². The summed E-state index contributed by atoms with van der Waals surface area (Å²) in [4.78, 5) is 11.9. The molecule has 1 aliphatic rings. The summed E-state index contributed by atoms with van der Waals surface area (Å²) in [6.45, 7) is 4.10. The normalized spacial score (nSPS) is 28.8. The van der Waals surface area contributed by atoms with Gasteiger partial charge in [0.15, 0.2) is 0 Å². The van der Waals surface area contributed by atoms with Crippen molar-refractivity contribution in [1.29, 1.82) is 0 Å². The average Bonchev–Trinajstić information content (AvgIpc) is 2.74. The predicted molar refractivity (Wildman–Crippen MR) is 70.5 cm³/mol. The van der Waals surface area contributed by atoms with Gasteiger partial charge in [0.2, 0.25) is 5.91 Å². The first kappa shape index (κ1) is 13.8. The molecular weight excluding hydrogens is 220 g/mol. The number of carbonyl (C=O) groups is 1. The molecule has 0 spiro atoms. The van der Waals surface area contributed by atoms with E-state index < -0.39 is 0 Å². The van der Waals surface area contributed by atoms with E-state index in [0.29, 0.717) is 11.3 Å². The molecular formula is C12H24N2OS. The number of carbonyl (C=O) groups excluding carboxylic acids is 1. The number of nitrogens with one attached hydrogen (secondary N) is 1. The van der Waals surface area contributed by atoms with Crippen LogP contribution in [0.15, 0.2) is 0 Å². The zero-order chi connectivity index (χ0) is 12.1. The first-order valence-corrected chi connectivity index (χ1v) is 7.46. The first-order chi connectivity index (χ1) is 7.58. The molecule has 1 rings (SSSR count). The van der Waals surface area contributed by atoms with Gasteiger partial charge in [-0.05, 0) is 31.4 Å². The van der Waals surface area contributed by atoms with E-state index in [1.165, 1.54) is 6.42 Å². The van der Waals surface area contributed by atoms with Gasteiger partial charge in [-0.3, -0.25) is 4.79 Å². The van der Waals surface area contributed by atoms with Gasteiger partial charge in [-0.1, -0.05) is 20.3 Å². The molecule has 1 fully saturated rings. The van der Waals surface area contributed by atoms with Gasteiger partial charge in [0.05, 0.1) is 6.04 Å². The molecule has 1 saturated carbocycles. The van der Waals surface area contributed by atoms with Gasteiger partial charge in [-0.2, -0.15) is 11.8 Å². The quantitative estimate of drug-likeness (QED) is 0.775. The number of hydrogen-bond donors (Lipinski definition) is 2. The summed E-state index contributed by atoms with van der Waals surface area (Å²) in [6, 6.07) is -0.00149. The minimum atomic E-state index is -0.349. The molecule has 4 heteroatoms. The lowest BCUT2D eigenvalue weighted by Gasteiger charge is -2.20. The lowest BCUT2D eigenvalue weighted by molar-refractivity contribution is -0.124. The zero-order valence-corrected chi connectivity index (χ0v) is 11.3. The second-order valence-electron chi connectivity index (χ2n) is 4.79. The van der Waals surface area contributed by atoms with Crippen LogP contribution >= 0.6 is 11.8 Å². The van der Waals surface area contributed by atoms with E-state index in [-0.39, 0.29) is 17.9 Å². The summed E-state index contributed by atoms with van der Waals surface area (Å²) in [5, 5.41) is 3.79. The van der Waals surface area contributed by atoms with Gasteiger partial charge >= 0.3 is 0 Å². The van der Waals surface area contributed by atoms with Crippen molar-refractivity contribution in [3.8, 4) is 0 Å². The summed E-state index contributed by atoms with van der Waals surface area (Å²) < 4.78 is 0. The van der Waals surface area contributed by atoms with Crippen molar-refractivity contribution < 1.29 is 4.79 Å². The topological polar surface area (TPSA) is 55.1 Å². The maximum absolute atomic E-state index is 11.9. The Morgan fingerprint density at radius 2 is 2.25 bits per heavy atom. The Bertz CT molecular complexity index is 235. The fourth-order valence-corrected chi connectivity index (χ4v) is 2.89. The summed E-state index contributed by atoms with van der Waals surface area (Å²) in [5.74, 6) is 0.291. The van der Waals surface area contributed by atoms with Crippen molar-refractivity contribution in [3.05, 3.63) is 0 Å². The molecule has 0 saturated heterocycles. The number of hydrogen-bond acceptors (Lipinski definition) is 3. The largest absolute Gasteiger partial charge is 0.352 e. The number of amides is 1. The Labute approximate surface area is 103 Å². The van der Waals surface area contributed by atoms with Crippen LogP contribution in [0.2, 0.25) is 0 Å². The summed E-state index contributed by atoms with van der Waals surface area (Å²) in [5.41, 5.74) is 5.90. The predicted octanol–water partition coefficient (Wildman–Crippen LogP) is 1.76. The van der Waals surface area contributed by atoms with E-state index in [4.69, 9.17) is 5.73 Å². The van der Waals surface area contributed by atoms with E-state index in [0.717, 1.165) is 19.3 Å². The molecule has 4 atom stereocenters. The van der Waals surface area contributed by atoms with Crippen molar-refractivity contribution in [2.24, 2.45) is 11.7 Å². The summed E-state index contributed by atoms with van der Waals surface area (Å²) >= 11 is 1.90. The molecule has 1 amide bonds. The number of nitrogens with two attached hydrogens (primary N) is 1. The lowest BCUT2D eigenvalue weighted by Crippen LogP contribution is -2.47. The highest BCUT2D eigenvalue weighted by Gasteiger charge is 2.27. The highest BCUT2D eigenvalue weighted by atomic mass is 32.2. The van der Waals surface area contributed by atoms with Crippen LogP contribution in [-0.2, 0) is 4.79 Å². The highest BCUT2D eigenvalue weighted by molar-refractivity contribution is 7.99. The maximum Gasteiger partial charge on any atom is 0.237 e. The van der Waals surface area contributed by atoms with Crippen molar-refractivity contribution >= 4 is 17.7 Å². The second-order valence-corrected chi connectivity index (χ2v) is 5.93. The molecule has 3 nitrogen and oxygen atoms in total. The average molecular weight is 244 g/mol. The van der Waals surface area contributed by atoms with Gasteiger partial charge in [0.25, 0.3) is 0 Å². The molecule has 0 aromatic rings. The molecule has 0 aromatic heterocycles. The molecule has 94 valence electrons. The molecule has 0 radical (unpaired) electrons. The van der Waals surface area contributed by atoms with Gasteiger partial charge in [-0.25, -0.2) is 0 Å². The minimum absolute atomic E-state index is 0.0288. The Morgan fingerprint density at radius 3 is 2.75 bits per heavy atom. The molecule has 0 aliphatic heterocycles. The van der Waals surface area contributed by atoms with Crippen LogP contribution in [-0.4, -0.2) is 29.5 Å². The van der Waals surface area contributed by atoms with Crippen LogP contribution in [0.4, 0.5) is 0 Å². The summed E-state index contributed by atoms with van der Waals surface area (Å²) in [7, 11) is 0. The highest BCUT2D eigenvalue weighted by Crippen LogP contribution is 2.28. The Morgan fingerprint density at radius 1 is 1.56 bits per heavy atom. The summed E-state index contributed by atoms with van der Waals surface area (Å²) in [6.07, 6.45) is 6.50. The number of rotatable bonds is 5. The molecule has 2 unspecified atom stereocenters. The zero-order valence-electron chi connectivity index (χ0n) is 10.5. The monoisotopic (exact) mass is 244 g/mol. The number of thioether (sulfide) groups is 1. The van der Waals surface area contributed by atoms with Gasteiger partial charge < -0.3 is 11.1 Å². The fraction of sp³-hybridized carbons (Fsp3) is 0.917. The van der Waals surface area contributed by atoms with Gasteiger partial charge in [0.1, 0.15) is 0 Å². The minimum Gasteiger partial charge on any atom is -0.352 e. The molecule has 1 aliphatic carbocycles. The molecule has 16 heavy (non-hydrogen) atoms. The molecule has 3 N–H and O–H groups in total. The van der Waals surface area contributed by atoms with Crippen molar-refractivity contribution in [1.82, 2.24) is 5.32 Å². The van der Waals surface area contributed by atoms with Crippen LogP contribution < -0.4 is 11.1 Å². The van der Waals surface area contributed by atoms with Crippen LogP contribution in [0.3, 0.4) is 0 Å². The third kappa shape index (κ3) is 3.67. The van der Waals surface area contributed by atoms with Gasteiger partial charge in [-0.15, -0.1) is 0 Å². The van der Waals surface area contributed by atoms with Crippen LogP contribution in [0.1, 0.15) is 39.5 Å². The Kier molecular flexibility index (Phi) is 5.62. The van der Waals surface area contributed by atoms with Crippen LogP contribution in [0, 0.1) is 5.92 Å². The van der Waals surface area contributed by atoms with E-state index >= 15 is 0 Å². The Balaban J connectivity index is 2.34.